The number of aliphatic hydroxyl groups excluding tert-OH is 1. The molecule has 0 aliphatic carbocycles. The SMILES string of the molecule is CC(C)C[C@H](NC(=O)[C@H](CS)NC(=O)[C@H](CCC(=O)O)NC(=O)[C@@H](N)CC(N)=O)C(=O)N[C@@H](CC(=O)O)C(=O)N[C@@H](CC(N)=O)C(=O)N[C@@H](CC(N)=O)C(=O)NCC(=O)NCC(=O)N[C@@H](CS)C(=O)N[C@@H](CO)C(=O)N[C@@H](Cc1cnc[nH]1)C(=O)N[C@H](C(=O)N[C@@H](CS)C(=O)O)C(C)C. The molecule has 45 heteroatoms. The highest BCUT2D eigenvalue weighted by molar-refractivity contribution is 7.80. The van der Waals surface area contributed by atoms with E-state index in [9.17, 15) is 112 Å². The summed E-state index contributed by atoms with van der Waals surface area (Å²) in [5.41, 5.74) is 21.6. The summed E-state index contributed by atoms with van der Waals surface area (Å²) in [5, 5.41) is 67.1. The first-order chi connectivity index (χ1) is 46.3. The highest BCUT2D eigenvalue weighted by Gasteiger charge is 2.38. The van der Waals surface area contributed by atoms with E-state index in [1.807, 2.05) is 16.0 Å². The van der Waals surface area contributed by atoms with Gasteiger partial charge in [0, 0.05) is 42.0 Å². The lowest BCUT2D eigenvalue weighted by molar-refractivity contribution is -0.142. The Labute approximate surface area is 580 Å². The third kappa shape index (κ3) is 33.3. The standard InChI is InChI=1S/C54H85N19O23S3/c1-21(2)7-26(65-52(93)33(18-98)71-45(86)25(5-6-40(80)81)64-43(84)24(55)9-35(56)75)46(87)69-30(12-41(82)83)48(89)68-29(11-37(58)77)47(88)67-28(10-36(57)76)44(85)61-14-38(78)60-15-39(79)63-32(17-97)51(92)70-31(16-74)50(91)66-27(8-23-13-59-20-62-23)49(90)73-42(22(3)4)53(94)72-34(19-99)54(95)96/h13,20-22,24-34,42,74,97-99H,5-12,14-19,55H2,1-4H3,(H2,56,75)(H2,57,76)(H2,58,77)(H,59,62)(H,60,78)(H,61,85)(H,63,79)(H,64,84)(H,65,93)(H,66,91)(H,67,88)(H,68,89)(H,69,87)(H,70,92)(H,71,86)(H,72,94)(H,73,90)(H,80,81)(H,82,83)(H,95,96)/t24-,25-,26-,27-,28-,29-,30-,31-,32-,33-,34-,42-/m0/s1. The number of thiol groups is 3. The Hall–Kier alpha value is -9.89. The van der Waals surface area contributed by atoms with Gasteiger partial charge in [-0.05, 0) is 24.7 Å². The molecule has 26 N–H and O–H groups in total. The van der Waals surface area contributed by atoms with Crippen molar-refractivity contribution in [3.05, 3.63) is 18.2 Å². The maximum Gasteiger partial charge on any atom is 0.327 e. The van der Waals surface area contributed by atoms with Crippen LogP contribution in [0, 0.1) is 11.8 Å². The number of carbonyl (C=O) groups is 19. The second-order valence-electron chi connectivity index (χ2n) is 22.5. The molecule has 16 amide bonds. The molecule has 1 aromatic rings. The molecule has 0 saturated carbocycles. The fraction of sp³-hybridized carbons (Fsp3) is 0.593. The molecule has 0 spiro atoms. The van der Waals surface area contributed by atoms with E-state index < -0.39 is 266 Å². The average molecular weight is 1460 g/mol. The zero-order valence-electron chi connectivity index (χ0n) is 53.8. The molecule has 0 aromatic carbocycles. The number of rotatable bonds is 47. The highest BCUT2D eigenvalue weighted by atomic mass is 32.1. The van der Waals surface area contributed by atoms with Crippen LogP contribution in [0.15, 0.2) is 12.5 Å². The lowest BCUT2D eigenvalue weighted by Crippen LogP contribution is -2.61. The van der Waals surface area contributed by atoms with Gasteiger partial charge in [0.25, 0.3) is 0 Å². The fourth-order valence-electron chi connectivity index (χ4n) is 8.36. The minimum Gasteiger partial charge on any atom is -0.481 e. The van der Waals surface area contributed by atoms with Crippen LogP contribution < -0.4 is 92.1 Å². The van der Waals surface area contributed by atoms with Gasteiger partial charge in [0.1, 0.15) is 66.5 Å². The summed E-state index contributed by atoms with van der Waals surface area (Å²) in [5.74, 6) is -25.5. The topological polar surface area (TPSA) is 694 Å². The van der Waals surface area contributed by atoms with Crippen molar-refractivity contribution in [1.29, 1.82) is 0 Å². The molecule has 0 radical (unpaired) electrons. The maximum absolute atomic E-state index is 13.8. The minimum absolute atomic E-state index is 0.237. The van der Waals surface area contributed by atoms with Gasteiger partial charge >= 0.3 is 17.9 Å². The van der Waals surface area contributed by atoms with Crippen LogP contribution in [-0.4, -0.2) is 252 Å². The lowest BCUT2D eigenvalue weighted by Gasteiger charge is -2.27. The fourth-order valence-corrected chi connectivity index (χ4v) is 9.12. The summed E-state index contributed by atoms with van der Waals surface area (Å²) in [4.78, 5) is 251. The van der Waals surface area contributed by atoms with Gasteiger partial charge in [-0.2, -0.15) is 37.9 Å². The molecule has 99 heavy (non-hydrogen) atoms. The van der Waals surface area contributed by atoms with Crippen LogP contribution in [0.2, 0.25) is 0 Å². The molecule has 1 heterocycles. The lowest BCUT2D eigenvalue weighted by atomic mass is 10.0. The van der Waals surface area contributed by atoms with E-state index >= 15 is 0 Å². The summed E-state index contributed by atoms with van der Waals surface area (Å²) < 4.78 is 0. The Morgan fingerprint density at radius 3 is 1.33 bits per heavy atom. The van der Waals surface area contributed by atoms with Crippen LogP contribution in [-0.2, 0) is 97.5 Å². The summed E-state index contributed by atoms with van der Waals surface area (Å²) in [6.45, 7) is 3.26. The number of aliphatic hydroxyl groups is 1. The second-order valence-corrected chi connectivity index (χ2v) is 23.6. The number of hydrogen-bond donors (Lipinski definition) is 25. The maximum atomic E-state index is 13.8. The number of carbonyl (C=O) groups excluding carboxylic acids is 16. The molecule has 0 bridgehead atoms. The number of nitrogens with zero attached hydrogens (tertiary/aromatic N) is 1. The number of hydrogen-bond acceptors (Lipinski definition) is 25. The number of aromatic amines is 1. The number of nitrogens with two attached hydrogens (primary N) is 4. The van der Waals surface area contributed by atoms with Crippen molar-refractivity contribution in [1.82, 2.24) is 79.1 Å². The van der Waals surface area contributed by atoms with Gasteiger partial charge in [-0.25, -0.2) is 9.78 Å². The number of aliphatic carboxylic acids is 3. The molecular weight excluding hydrogens is 1380 g/mol. The largest absolute Gasteiger partial charge is 0.481 e. The smallest absolute Gasteiger partial charge is 0.327 e. The van der Waals surface area contributed by atoms with Crippen molar-refractivity contribution in [3.63, 3.8) is 0 Å². The molecule has 0 fully saturated rings. The van der Waals surface area contributed by atoms with E-state index in [4.69, 9.17) is 22.9 Å². The Bertz CT molecular complexity index is 3090. The zero-order chi connectivity index (χ0) is 75.6. The van der Waals surface area contributed by atoms with E-state index in [0.717, 1.165) is 0 Å². The molecule has 12 atom stereocenters. The monoisotopic (exact) mass is 1460 g/mol. The first-order valence-electron chi connectivity index (χ1n) is 29.8. The number of nitrogens with one attached hydrogen (secondary N) is 14. The van der Waals surface area contributed by atoms with E-state index in [1.54, 1.807) is 27.7 Å². The summed E-state index contributed by atoms with van der Waals surface area (Å²) >= 11 is 12.0. The van der Waals surface area contributed by atoms with E-state index in [-0.39, 0.29) is 18.6 Å². The molecule has 0 aliphatic heterocycles. The molecule has 0 saturated heterocycles. The van der Waals surface area contributed by atoms with Gasteiger partial charge in [0.15, 0.2) is 0 Å². The predicted molar refractivity (Wildman–Crippen MR) is 349 cm³/mol. The predicted octanol–water partition coefficient (Wildman–Crippen LogP) is -11.6. The number of H-pyrrole nitrogens is 1. The van der Waals surface area contributed by atoms with Crippen molar-refractivity contribution in [3.8, 4) is 0 Å². The number of imidazole rings is 1. The summed E-state index contributed by atoms with van der Waals surface area (Å²) in [7, 11) is 0. The van der Waals surface area contributed by atoms with Crippen molar-refractivity contribution >= 4 is 150 Å². The molecule has 1 rings (SSSR count). The van der Waals surface area contributed by atoms with Crippen molar-refractivity contribution in [2.24, 2.45) is 34.8 Å². The van der Waals surface area contributed by atoms with Crippen LogP contribution in [0.3, 0.4) is 0 Å². The van der Waals surface area contributed by atoms with Crippen LogP contribution >= 0.6 is 37.9 Å². The first-order valence-corrected chi connectivity index (χ1v) is 31.7. The Balaban J connectivity index is 3.18. The Morgan fingerprint density at radius 2 is 0.869 bits per heavy atom. The molecule has 42 nitrogen and oxygen atoms in total. The summed E-state index contributed by atoms with van der Waals surface area (Å²) in [6, 6.07) is -20.4. The van der Waals surface area contributed by atoms with E-state index in [2.05, 4.69) is 101 Å². The molecular formula is C54H85N19O23S3. The van der Waals surface area contributed by atoms with E-state index in [0.29, 0.717) is 5.69 Å². The van der Waals surface area contributed by atoms with Crippen molar-refractivity contribution in [2.45, 2.75) is 152 Å². The van der Waals surface area contributed by atoms with Crippen LogP contribution in [0.4, 0.5) is 0 Å². The van der Waals surface area contributed by atoms with Crippen LogP contribution in [0.25, 0.3) is 0 Å². The normalized spacial score (nSPS) is 14.6. The van der Waals surface area contributed by atoms with Crippen LogP contribution in [0.1, 0.15) is 78.3 Å². The molecule has 1 aromatic heterocycles. The zero-order valence-corrected chi connectivity index (χ0v) is 56.5. The van der Waals surface area contributed by atoms with Gasteiger partial charge in [-0.15, -0.1) is 0 Å². The van der Waals surface area contributed by atoms with Crippen LogP contribution in [0.5, 0.6) is 0 Å². The molecule has 0 unspecified atom stereocenters. The third-order valence-electron chi connectivity index (χ3n) is 13.5. The van der Waals surface area contributed by atoms with Gasteiger partial charge < -0.3 is 117 Å². The van der Waals surface area contributed by atoms with Gasteiger partial charge in [0.2, 0.25) is 94.5 Å². The summed E-state index contributed by atoms with van der Waals surface area (Å²) in [6.07, 6.45) is -3.18. The van der Waals surface area contributed by atoms with Crippen molar-refractivity contribution in [2.75, 3.05) is 37.0 Å². The number of aromatic nitrogens is 2. The van der Waals surface area contributed by atoms with E-state index in [1.165, 1.54) is 12.5 Å². The number of primary amides is 3. The van der Waals surface area contributed by atoms with Gasteiger partial charge in [0.05, 0.1) is 57.7 Å². The quantitative estimate of drug-likeness (QED) is 0.0270. The molecule has 552 valence electrons. The minimum atomic E-state index is -2.13. The van der Waals surface area contributed by atoms with Gasteiger partial charge in [-0.1, -0.05) is 27.7 Å². The average Bonchev–Trinajstić information content (AvgIpc) is 1.45. The Kier molecular flexibility index (Phi) is 38.8. The molecule has 0 aliphatic rings. The second kappa shape index (κ2) is 44.1. The van der Waals surface area contributed by atoms with Gasteiger partial charge in [-0.3, -0.25) is 86.3 Å². The third-order valence-corrected chi connectivity index (χ3v) is 14.6. The Morgan fingerprint density at radius 1 is 0.455 bits per heavy atom. The highest BCUT2D eigenvalue weighted by Crippen LogP contribution is 2.11. The number of carboxylic acids is 3. The van der Waals surface area contributed by atoms with Crippen molar-refractivity contribution < 1.29 is 112 Å². The number of carboxylic acid groups (broad SMARTS) is 3. The first kappa shape index (κ1) is 87.1. The number of amides is 16.